The van der Waals surface area contributed by atoms with E-state index in [0.717, 1.165) is 21.7 Å². The molecule has 0 fully saturated rings. The lowest BCUT2D eigenvalue weighted by molar-refractivity contribution is 0.251. The molecule has 2 aromatic carbocycles. The molecular formula is C13H10N2O. The largest absolute Gasteiger partial charge is 0.351 e. The monoisotopic (exact) mass is 210 g/mol. The quantitative estimate of drug-likeness (QED) is 0.609. The van der Waals surface area contributed by atoms with E-state index in [4.69, 9.17) is 5.73 Å². The van der Waals surface area contributed by atoms with Crippen LogP contribution >= 0.6 is 0 Å². The highest BCUT2D eigenvalue weighted by molar-refractivity contribution is 6.08. The molecule has 16 heavy (non-hydrogen) atoms. The Labute approximate surface area is 92.1 Å². The summed E-state index contributed by atoms with van der Waals surface area (Å²) in [5, 5.41) is 3.36. The van der Waals surface area contributed by atoms with Crippen LogP contribution in [0.4, 0.5) is 4.79 Å². The van der Waals surface area contributed by atoms with Gasteiger partial charge < -0.3 is 5.73 Å². The molecule has 3 aromatic rings. The molecule has 0 aliphatic rings. The number of fused-ring (bicyclic) bond motifs is 3. The summed E-state index contributed by atoms with van der Waals surface area (Å²) in [4.78, 5) is 11.2. The van der Waals surface area contributed by atoms with E-state index in [1.807, 2.05) is 36.4 Å². The first-order chi connectivity index (χ1) is 7.77. The number of benzene rings is 2. The van der Waals surface area contributed by atoms with Crippen LogP contribution in [0.3, 0.4) is 0 Å². The van der Waals surface area contributed by atoms with E-state index in [1.165, 1.54) is 4.57 Å². The minimum absolute atomic E-state index is 0.453. The van der Waals surface area contributed by atoms with Gasteiger partial charge in [-0.25, -0.2) is 4.79 Å². The maximum absolute atomic E-state index is 11.2. The standard InChI is InChI=1S/C13H10N2O/c14-13(16)15-8-7-11-10-4-2-1-3-9(10)5-6-12(11)15/h1-8H,(H2,14,16). The number of hydrogen-bond donors (Lipinski definition) is 1. The van der Waals surface area contributed by atoms with E-state index in [9.17, 15) is 4.79 Å². The van der Waals surface area contributed by atoms with Gasteiger partial charge in [0.1, 0.15) is 0 Å². The molecular weight excluding hydrogens is 200 g/mol. The van der Waals surface area contributed by atoms with Crippen molar-refractivity contribution in [3.63, 3.8) is 0 Å². The minimum Gasteiger partial charge on any atom is -0.351 e. The van der Waals surface area contributed by atoms with E-state index in [0.29, 0.717) is 0 Å². The normalized spacial score (nSPS) is 11.0. The van der Waals surface area contributed by atoms with Crippen LogP contribution in [0, 0.1) is 0 Å². The summed E-state index contributed by atoms with van der Waals surface area (Å²) in [5.74, 6) is 0. The number of rotatable bonds is 0. The van der Waals surface area contributed by atoms with Crippen LogP contribution < -0.4 is 5.73 Å². The van der Waals surface area contributed by atoms with Gasteiger partial charge in [-0.2, -0.15) is 0 Å². The molecule has 1 amide bonds. The number of carbonyl (C=O) groups is 1. The Bertz CT molecular complexity index is 697. The van der Waals surface area contributed by atoms with Gasteiger partial charge in [-0.3, -0.25) is 4.57 Å². The van der Waals surface area contributed by atoms with E-state index in [2.05, 4.69) is 6.07 Å². The third-order valence-electron chi connectivity index (χ3n) is 2.83. The number of nitrogens with two attached hydrogens (primary N) is 1. The van der Waals surface area contributed by atoms with Crippen LogP contribution in [0.2, 0.25) is 0 Å². The third-order valence-corrected chi connectivity index (χ3v) is 2.83. The predicted molar refractivity (Wildman–Crippen MR) is 64.4 cm³/mol. The van der Waals surface area contributed by atoms with Crippen molar-refractivity contribution in [3.05, 3.63) is 48.7 Å². The van der Waals surface area contributed by atoms with Crippen LogP contribution in [0.5, 0.6) is 0 Å². The molecule has 3 heteroatoms. The Kier molecular flexibility index (Phi) is 1.74. The number of primary amides is 1. The van der Waals surface area contributed by atoms with Gasteiger partial charge in [0.2, 0.25) is 0 Å². The van der Waals surface area contributed by atoms with Crippen LogP contribution in [0.15, 0.2) is 48.7 Å². The summed E-state index contributed by atoms with van der Waals surface area (Å²) in [5.41, 5.74) is 6.15. The van der Waals surface area contributed by atoms with Crippen molar-refractivity contribution >= 4 is 27.7 Å². The number of carbonyl (C=O) groups excluding carboxylic acids is 1. The van der Waals surface area contributed by atoms with Gasteiger partial charge in [-0.15, -0.1) is 0 Å². The van der Waals surface area contributed by atoms with Gasteiger partial charge in [0.15, 0.2) is 0 Å². The van der Waals surface area contributed by atoms with Gasteiger partial charge in [-0.1, -0.05) is 30.3 Å². The summed E-state index contributed by atoms with van der Waals surface area (Å²) in [7, 11) is 0. The van der Waals surface area contributed by atoms with Gasteiger partial charge in [-0.05, 0) is 22.9 Å². The van der Waals surface area contributed by atoms with Crippen LogP contribution in [-0.4, -0.2) is 10.6 Å². The fourth-order valence-electron chi connectivity index (χ4n) is 2.09. The van der Waals surface area contributed by atoms with E-state index in [1.54, 1.807) is 6.20 Å². The molecule has 3 rings (SSSR count). The summed E-state index contributed by atoms with van der Waals surface area (Å²) in [6.45, 7) is 0. The minimum atomic E-state index is -0.453. The molecule has 78 valence electrons. The van der Waals surface area contributed by atoms with Crippen LogP contribution in [0.1, 0.15) is 0 Å². The number of amides is 1. The highest BCUT2D eigenvalue weighted by Gasteiger charge is 2.07. The van der Waals surface area contributed by atoms with Gasteiger partial charge in [0, 0.05) is 11.6 Å². The Morgan fingerprint density at radius 3 is 2.62 bits per heavy atom. The number of nitrogens with zero attached hydrogens (tertiary/aromatic N) is 1. The number of aromatic nitrogens is 1. The third kappa shape index (κ3) is 1.11. The van der Waals surface area contributed by atoms with Gasteiger partial charge in [0.25, 0.3) is 0 Å². The molecule has 0 saturated heterocycles. The van der Waals surface area contributed by atoms with Crippen LogP contribution in [0.25, 0.3) is 21.7 Å². The SMILES string of the molecule is NC(=O)n1ccc2c3ccccc3ccc21. The lowest BCUT2D eigenvalue weighted by Crippen LogP contribution is -2.17. The molecule has 0 aliphatic carbocycles. The molecule has 1 heterocycles. The first-order valence-corrected chi connectivity index (χ1v) is 5.06. The fraction of sp³-hybridized carbons (Fsp3) is 0. The molecule has 3 nitrogen and oxygen atoms in total. The highest BCUT2D eigenvalue weighted by atomic mass is 16.2. The van der Waals surface area contributed by atoms with E-state index >= 15 is 0 Å². The molecule has 1 aromatic heterocycles. The maximum atomic E-state index is 11.2. The second-order valence-electron chi connectivity index (χ2n) is 3.74. The predicted octanol–water partition coefficient (Wildman–Crippen LogP) is 2.72. The molecule has 0 aliphatic heterocycles. The summed E-state index contributed by atoms with van der Waals surface area (Å²) < 4.78 is 1.46. The Morgan fingerprint density at radius 1 is 1.00 bits per heavy atom. The highest BCUT2D eigenvalue weighted by Crippen LogP contribution is 2.25. The lowest BCUT2D eigenvalue weighted by Gasteiger charge is -2.01. The number of hydrogen-bond acceptors (Lipinski definition) is 1. The first-order valence-electron chi connectivity index (χ1n) is 5.06. The first kappa shape index (κ1) is 8.97. The molecule has 0 bridgehead atoms. The van der Waals surface area contributed by atoms with Crippen molar-refractivity contribution in [1.29, 1.82) is 0 Å². The Balaban J connectivity index is 2.49. The van der Waals surface area contributed by atoms with Crippen molar-refractivity contribution in [2.75, 3.05) is 0 Å². The molecule has 2 N–H and O–H groups in total. The molecule has 0 spiro atoms. The fourth-order valence-corrected chi connectivity index (χ4v) is 2.09. The van der Waals surface area contributed by atoms with Crippen LogP contribution in [-0.2, 0) is 0 Å². The Morgan fingerprint density at radius 2 is 1.81 bits per heavy atom. The summed E-state index contributed by atoms with van der Waals surface area (Å²) >= 11 is 0. The zero-order chi connectivity index (χ0) is 11.1. The zero-order valence-electron chi connectivity index (χ0n) is 8.55. The molecule has 0 radical (unpaired) electrons. The van der Waals surface area contributed by atoms with Gasteiger partial charge >= 0.3 is 6.03 Å². The van der Waals surface area contributed by atoms with Crippen molar-refractivity contribution in [2.45, 2.75) is 0 Å². The van der Waals surface area contributed by atoms with Crippen molar-refractivity contribution in [3.8, 4) is 0 Å². The average molecular weight is 210 g/mol. The summed E-state index contributed by atoms with van der Waals surface area (Å²) in [6.07, 6.45) is 1.71. The smallest absolute Gasteiger partial charge is 0.323 e. The molecule has 0 saturated carbocycles. The van der Waals surface area contributed by atoms with Crippen molar-refractivity contribution in [2.24, 2.45) is 5.73 Å². The topological polar surface area (TPSA) is 48.0 Å². The molecule has 0 unspecified atom stereocenters. The summed E-state index contributed by atoms with van der Waals surface area (Å²) in [6, 6.07) is 13.5. The van der Waals surface area contributed by atoms with E-state index < -0.39 is 6.03 Å². The van der Waals surface area contributed by atoms with Crippen molar-refractivity contribution in [1.82, 2.24) is 4.57 Å². The van der Waals surface area contributed by atoms with Gasteiger partial charge in [0.05, 0.1) is 5.52 Å². The maximum Gasteiger partial charge on any atom is 0.323 e. The second-order valence-corrected chi connectivity index (χ2v) is 3.74. The second kappa shape index (κ2) is 3.10. The van der Waals surface area contributed by atoms with Crippen molar-refractivity contribution < 1.29 is 4.79 Å². The van der Waals surface area contributed by atoms with E-state index in [-0.39, 0.29) is 0 Å². The average Bonchev–Trinajstić information content (AvgIpc) is 2.73. The molecule has 0 atom stereocenters. The zero-order valence-corrected chi connectivity index (χ0v) is 8.55. The lowest BCUT2D eigenvalue weighted by atomic mass is 10.1. The Hall–Kier alpha value is -2.29.